The molecular weight excluding hydrogens is 222 g/mol. The van der Waals surface area contributed by atoms with Crippen LogP contribution in [0.15, 0.2) is 12.7 Å². The predicted octanol–water partition coefficient (Wildman–Crippen LogP) is 1.71. The van der Waals surface area contributed by atoms with Crippen LogP contribution in [0.1, 0.15) is 32.1 Å². The molecule has 3 heteroatoms. The molecule has 0 amide bonds. The second kappa shape index (κ2) is 7.93. The molecule has 0 aromatic rings. The van der Waals surface area contributed by atoms with Gasteiger partial charge in [-0.1, -0.05) is 12.5 Å². The second-order valence-electron chi connectivity index (χ2n) is 5.67. The van der Waals surface area contributed by atoms with E-state index < -0.39 is 0 Å². The van der Waals surface area contributed by atoms with Crippen molar-refractivity contribution in [2.45, 2.75) is 38.1 Å². The van der Waals surface area contributed by atoms with Crippen LogP contribution >= 0.6 is 0 Å². The van der Waals surface area contributed by atoms with E-state index in [1.807, 2.05) is 6.08 Å². The van der Waals surface area contributed by atoms with E-state index in [0.717, 1.165) is 6.04 Å². The standard InChI is InChI=1S/C15H29N3/c1-2-3-4-5-6-10-17-11-7-15(14-17)18-12-8-16-9-13-18/h2,15-16H,1,3-14H2. The number of likely N-dealkylation sites (tertiary alicyclic amines) is 1. The van der Waals surface area contributed by atoms with Crippen molar-refractivity contribution in [3.63, 3.8) is 0 Å². The fraction of sp³-hybridized carbons (Fsp3) is 0.867. The van der Waals surface area contributed by atoms with Crippen molar-refractivity contribution in [3.05, 3.63) is 12.7 Å². The highest BCUT2D eigenvalue weighted by molar-refractivity contribution is 4.85. The molecule has 2 rings (SSSR count). The van der Waals surface area contributed by atoms with Gasteiger partial charge in [-0.2, -0.15) is 0 Å². The number of nitrogens with zero attached hydrogens (tertiary/aromatic N) is 2. The Kier molecular flexibility index (Phi) is 6.18. The van der Waals surface area contributed by atoms with Crippen LogP contribution in [0, 0.1) is 0 Å². The summed E-state index contributed by atoms with van der Waals surface area (Å²) in [6.07, 6.45) is 8.65. The maximum atomic E-state index is 3.78. The average molecular weight is 251 g/mol. The molecule has 0 radical (unpaired) electrons. The zero-order valence-electron chi connectivity index (χ0n) is 11.7. The molecular formula is C15H29N3. The van der Waals surface area contributed by atoms with Gasteiger partial charge in [0.1, 0.15) is 0 Å². The number of piperazine rings is 1. The molecule has 3 nitrogen and oxygen atoms in total. The number of hydrogen-bond donors (Lipinski definition) is 1. The first-order chi connectivity index (χ1) is 8.90. The molecule has 2 aliphatic rings. The lowest BCUT2D eigenvalue weighted by Gasteiger charge is -2.32. The highest BCUT2D eigenvalue weighted by Gasteiger charge is 2.27. The Morgan fingerprint density at radius 1 is 1.11 bits per heavy atom. The van der Waals surface area contributed by atoms with E-state index in [4.69, 9.17) is 0 Å². The highest BCUT2D eigenvalue weighted by atomic mass is 15.3. The van der Waals surface area contributed by atoms with E-state index in [2.05, 4.69) is 21.7 Å². The summed E-state index contributed by atoms with van der Waals surface area (Å²) >= 11 is 0. The first kappa shape index (κ1) is 14.0. The quantitative estimate of drug-likeness (QED) is 0.549. The summed E-state index contributed by atoms with van der Waals surface area (Å²) in [5.74, 6) is 0. The minimum atomic E-state index is 0.834. The van der Waals surface area contributed by atoms with Crippen LogP contribution in [-0.2, 0) is 0 Å². The normalized spacial score (nSPS) is 26.6. The molecule has 1 unspecified atom stereocenters. The van der Waals surface area contributed by atoms with Gasteiger partial charge in [0.05, 0.1) is 0 Å². The Balaban J connectivity index is 1.57. The Labute approximate surface area is 112 Å². The van der Waals surface area contributed by atoms with Crippen molar-refractivity contribution in [1.82, 2.24) is 15.1 Å². The van der Waals surface area contributed by atoms with E-state index in [0.29, 0.717) is 0 Å². The number of allylic oxidation sites excluding steroid dienone is 1. The van der Waals surface area contributed by atoms with Gasteiger partial charge in [0.25, 0.3) is 0 Å². The first-order valence-corrected chi connectivity index (χ1v) is 7.68. The molecule has 1 N–H and O–H groups in total. The molecule has 104 valence electrons. The van der Waals surface area contributed by atoms with Gasteiger partial charge >= 0.3 is 0 Å². The van der Waals surface area contributed by atoms with Crippen molar-refractivity contribution >= 4 is 0 Å². The molecule has 0 aromatic carbocycles. The third-order valence-electron chi connectivity index (χ3n) is 4.30. The van der Waals surface area contributed by atoms with Crippen LogP contribution in [0.2, 0.25) is 0 Å². The first-order valence-electron chi connectivity index (χ1n) is 7.68. The lowest BCUT2D eigenvalue weighted by atomic mass is 10.2. The Hall–Kier alpha value is -0.380. The number of hydrogen-bond acceptors (Lipinski definition) is 3. The van der Waals surface area contributed by atoms with Crippen LogP contribution in [0.4, 0.5) is 0 Å². The van der Waals surface area contributed by atoms with Crippen molar-refractivity contribution in [1.29, 1.82) is 0 Å². The van der Waals surface area contributed by atoms with E-state index >= 15 is 0 Å². The predicted molar refractivity (Wildman–Crippen MR) is 78.0 cm³/mol. The minimum absolute atomic E-state index is 0.834. The Morgan fingerprint density at radius 3 is 2.72 bits per heavy atom. The summed E-state index contributed by atoms with van der Waals surface area (Å²) in [6.45, 7) is 12.6. The zero-order valence-corrected chi connectivity index (χ0v) is 11.7. The average Bonchev–Trinajstić information content (AvgIpc) is 2.88. The van der Waals surface area contributed by atoms with E-state index in [9.17, 15) is 0 Å². The summed E-state index contributed by atoms with van der Waals surface area (Å²) in [6, 6.07) is 0.834. The smallest absolute Gasteiger partial charge is 0.0236 e. The van der Waals surface area contributed by atoms with Crippen molar-refractivity contribution < 1.29 is 0 Å². The van der Waals surface area contributed by atoms with Crippen LogP contribution in [0.25, 0.3) is 0 Å². The van der Waals surface area contributed by atoms with E-state index in [-0.39, 0.29) is 0 Å². The van der Waals surface area contributed by atoms with Crippen LogP contribution in [0.3, 0.4) is 0 Å². The summed E-state index contributed by atoms with van der Waals surface area (Å²) in [7, 11) is 0. The molecule has 0 spiro atoms. The van der Waals surface area contributed by atoms with Crippen molar-refractivity contribution in [3.8, 4) is 0 Å². The Bertz CT molecular complexity index is 236. The van der Waals surface area contributed by atoms with Gasteiger partial charge in [-0.05, 0) is 38.8 Å². The fourth-order valence-corrected chi connectivity index (χ4v) is 3.16. The summed E-state index contributed by atoms with van der Waals surface area (Å²) < 4.78 is 0. The topological polar surface area (TPSA) is 18.5 Å². The zero-order chi connectivity index (χ0) is 12.6. The van der Waals surface area contributed by atoms with Gasteiger partial charge in [0.2, 0.25) is 0 Å². The fourth-order valence-electron chi connectivity index (χ4n) is 3.16. The molecule has 0 saturated carbocycles. The van der Waals surface area contributed by atoms with Gasteiger partial charge in [0.15, 0.2) is 0 Å². The molecule has 2 saturated heterocycles. The molecule has 0 aromatic heterocycles. The van der Waals surface area contributed by atoms with E-state index in [1.165, 1.54) is 77.9 Å². The van der Waals surface area contributed by atoms with Gasteiger partial charge < -0.3 is 10.2 Å². The van der Waals surface area contributed by atoms with Gasteiger partial charge in [-0.25, -0.2) is 0 Å². The number of unbranched alkanes of at least 4 members (excludes halogenated alkanes) is 3. The van der Waals surface area contributed by atoms with Crippen LogP contribution in [-0.4, -0.2) is 61.7 Å². The largest absolute Gasteiger partial charge is 0.314 e. The molecule has 2 aliphatic heterocycles. The maximum absolute atomic E-state index is 3.78. The van der Waals surface area contributed by atoms with Gasteiger partial charge in [-0.3, -0.25) is 4.90 Å². The van der Waals surface area contributed by atoms with Crippen molar-refractivity contribution in [2.75, 3.05) is 45.8 Å². The molecule has 0 aliphatic carbocycles. The summed E-state index contributed by atoms with van der Waals surface area (Å²) in [5, 5.41) is 3.44. The number of rotatable bonds is 7. The maximum Gasteiger partial charge on any atom is 0.0236 e. The Morgan fingerprint density at radius 2 is 1.94 bits per heavy atom. The summed E-state index contributed by atoms with van der Waals surface area (Å²) in [4.78, 5) is 5.36. The lowest BCUT2D eigenvalue weighted by molar-refractivity contribution is 0.171. The van der Waals surface area contributed by atoms with Crippen LogP contribution in [0.5, 0.6) is 0 Å². The SMILES string of the molecule is C=CCCCCCN1CCC(N2CCNCC2)C1. The molecule has 2 heterocycles. The monoisotopic (exact) mass is 251 g/mol. The highest BCUT2D eigenvalue weighted by Crippen LogP contribution is 2.16. The molecule has 1 atom stereocenters. The summed E-state index contributed by atoms with van der Waals surface area (Å²) in [5.41, 5.74) is 0. The van der Waals surface area contributed by atoms with Gasteiger partial charge in [0, 0.05) is 38.8 Å². The third kappa shape index (κ3) is 4.38. The van der Waals surface area contributed by atoms with E-state index in [1.54, 1.807) is 0 Å². The molecule has 0 bridgehead atoms. The second-order valence-corrected chi connectivity index (χ2v) is 5.67. The molecule has 2 fully saturated rings. The lowest BCUT2D eigenvalue weighted by Crippen LogP contribution is -2.49. The third-order valence-corrected chi connectivity index (χ3v) is 4.30. The minimum Gasteiger partial charge on any atom is -0.314 e. The van der Waals surface area contributed by atoms with Crippen LogP contribution < -0.4 is 5.32 Å². The number of nitrogens with one attached hydrogen (secondary N) is 1. The van der Waals surface area contributed by atoms with Crippen molar-refractivity contribution in [2.24, 2.45) is 0 Å². The van der Waals surface area contributed by atoms with Gasteiger partial charge in [-0.15, -0.1) is 6.58 Å². The molecule has 18 heavy (non-hydrogen) atoms.